The van der Waals surface area contributed by atoms with Crippen LogP contribution in [0.5, 0.6) is 0 Å². The molecule has 11 heteroatoms. The Kier molecular flexibility index (Phi) is 7.70. The summed E-state index contributed by atoms with van der Waals surface area (Å²) in [5.74, 6) is 0. The number of benzene rings is 2. The first-order chi connectivity index (χ1) is 12.5. The molecule has 1 nitrogen and oxygen atoms in total. The van der Waals surface area contributed by atoms with Crippen molar-refractivity contribution in [1.29, 1.82) is 0 Å². The fraction of sp³-hybridized carbons (Fsp3) is 0.235. The third-order valence-corrected chi connectivity index (χ3v) is 5.11. The predicted molar refractivity (Wildman–Crippen MR) is 108 cm³/mol. The van der Waals surface area contributed by atoms with Crippen molar-refractivity contribution in [3.05, 3.63) is 53.6 Å². The Balaban J connectivity index is 0.00000122. The normalized spacial score (nSPS) is 14.6. The summed E-state index contributed by atoms with van der Waals surface area (Å²) in [6.07, 6.45) is 1.10. The van der Waals surface area contributed by atoms with Gasteiger partial charge < -0.3 is 12.6 Å². The van der Waals surface area contributed by atoms with Crippen molar-refractivity contribution in [2.45, 2.75) is 36.0 Å². The van der Waals surface area contributed by atoms with Crippen LogP contribution in [0.2, 0.25) is 0 Å². The van der Waals surface area contributed by atoms with Crippen LogP contribution in [0.3, 0.4) is 0 Å². The minimum absolute atomic E-state index is 0.261. The topological polar surface area (TPSA) is 12.4 Å². The molecule has 0 heterocycles. The van der Waals surface area contributed by atoms with Crippen LogP contribution in [0.25, 0.3) is 0 Å². The summed E-state index contributed by atoms with van der Waals surface area (Å²) < 4.78 is 65.7. The Labute approximate surface area is 183 Å². The van der Waals surface area contributed by atoms with Crippen molar-refractivity contribution < 1.29 is 36.5 Å². The van der Waals surface area contributed by atoms with Crippen molar-refractivity contribution in [1.82, 2.24) is 0 Å². The quantitative estimate of drug-likeness (QED) is 0.173. The average molecular weight is 513 g/mol. The van der Waals surface area contributed by atoms with Gasteiger partial charge in [0.05, 0.1) is 5.69 Å². The van der Waals surface area contributed by atoms with E-state index in [0.717, 1.165) is 23.9 Å². The second-order valence-electron chi connectivity index (χ2n) is 6.74. The van der Waals surface area contributed by atoms with Gasteiger partial charge in [0.1, 0.15) is 4.90 Å². The van der Waals surface area contributed by atoms with Crippen molar-refractivity contribution in [3.63, 3.8) is 0 Å². The van der Waals surface area contributed by atoms with E-state index in [4.69, 9.17) is 31.2 Å². The number of hydrogen-bond donors (Lipinski definition) is 0. The molecule has 0 unspecified atom stereocenters. The van der Waals surface area contributed by atoms with E-state index in [1.165, 1.54) is 6.07 Å². The summed E-state index contributed by atoms with van der Waals surface area (Å²) in [6.45, 7) is 5.84. The third-order valence-electron chi connectivity index (χ3n) is 3.48. The zero-order valence-electron chi connectivity index (χ0n) is 15.0. The van der Waals surface area contributed by atoms with E-state index in [2.05, 4.69) is 4.99 Å². The van der Waals surface area contributed by atoms with Crippen molar-refractivity contribution in [2.24, 2.45) is 4.99 Å². The molecule has 0 N–H and O–H groups in total. The SMILES string of the molecule is CC(C)(C)c1cccc(C=Nc2ccccc2S(F)(F)(F)(F)F)c1[S-].[Cl][Ti][Cl]. The van der Waals surface area contributed by atoms with Crippen LogP contribution in [0.4, 0.5) is 25.1 Å². The molecule has 0 bridgehead atoms. The van der Waals surface area contributed by atoms with E-state index in [-0.39, 0.29) is 5.41 Å². The molecule has 2 aromatic carbocycles. The van der Waals surface area contributed by atoms with Gasteiger partial charge >= 0.3 is 45.9 Å². The first-order valence-electron chi connectivity index (χ1n) is 7.65. The number of rotatable bonds is 3. The average Bonchev–Trinajstić information content (AvgIpc) is 2.51. The zero-order valence-corrected chi connectivity index (χ0v) is 19.7. The molecule has 0 atom stereocenters. The van der Waals surface area contributed by atoms with Gasteiger partial charge in [-0.15, -0.1) is 0 Å². The molecular formula is C17H17Cl2F5NS2Ti-. The predicted octanol–water partition coefficient (Wildman–Crippen LogP) is 8.67. The van der Waals surface area contributed by atoms with Crippen LogP contribution >= 0.6 is 28.8 Å². The van der Waals surface area contributed by atoms with Gasteiger partial charge in [-0.3, -0.25) is 4.99 Å². The molecule has 0 aliphatic carbocycles. The first-order valence-corrected chi connectivity index (χ1v) is 14.3. The van der Waals surface area contributed by atoms with Gasteiger partial charge in [0, 0.05) is 6.21 Å². The summed E-state index contributed by atoms with van der Waals surface area (Å²) in [6, 6.07) is 8.49. The standard InChI is InChI=1S/C17H18F5NS2.2ClH.Ti/c1-17(2,3)13-8-6-7-12(16(13)24)11-23-14-9-4-5-10-15(14)25(18,19,20,21)22;;;/h4-11,24H,1-3H3;2*1H;/q;;;+2/p-3. The molecule has 0 saturated heterocycles. The monoisotopic (exact) mass is 512 g/mol. The molecule has 28 heavy (non-hydrogen) atoms. The van der Waals surface area contributed by atoms with Gasteiger partial charge in [0.15, 0.2) is 0 Å². The number of para-hydroxylation sites is 1. The summed E-state index contributed by atoms with van der Waals surface area (Å²) in [7, 11) is -0.0486. The van der Waals surface area contributed by atoms with Crippen molar-refractivity contribution in [2.75, 3.05) is 0 Å². The molecule has 0 aliphatic heterocycles. The van der Waals surface area contributed by atoms with Gasteiger partial charge in [0.2, 0.25) is 0 Å². The molecule has 0 amide bonds. The summed E-state index contributed by atoms with van der Waals surface area (Å²) in [4.78, 5) is 2.09. The Morgan fingerprint density at radius 1 is 0.964 bits per heavy atom. The fourth-order valence-electron chi connectivity index (χ4n) is 2.28. The van der Waals surface area contributed by atoms with E-state index in [1.54, 1.807) is 12.1 Å². The van der Waals surface area contributed by atoms with E-state index < -0.39 is 37.8 Å². The molecule has 0 radical (unpaired) electrons. The van der Waals surface area contributed by atoms with Crippen LogP contribution < -0.4 is 0 Å². The second kappa shape index (κ2) is 8.40. The van der Waals surface area contributed by atoms with Crippen LogP contribution in [0.1, 0.15) is 31.9 Å². The van der Waals surface area contributed by atoms with Gasteiger partial charge in [-0.2, -0.15) is 4.90 Å². The number of aliphatic imine (C=N–C) groups is 1. The Hall–Kier alpha value is -0.376. The summed E-state index contributed by atoms with van der Waals surface area (Å²) in [5.41, 5.74) is 0.131. The molecular weight excluding hydrogens is 496 g/mol. The molecule has 0 aliphatic rings. The maximum atomic E-state index is 13.1. The van der Waals surface area contributed by atoms with Crippen LogP contribution in [0, 0.1) is 0 Å². The van der Waals surface area contributed by atoms with Crippen LogP contribution in [-0.2, 0) is 35.1 Å². The van der Waals surface area contributed by atoms with E-state index in [0.29, 0.717) is 16.5 Å². The zero-order chi connectivity index (χ0) is 21.9. The summed E-state index contributed by atoms with van der Waals surface area (Å²) in [5, 5.41) is 0. The first kappa shape index (κ1) is 25.7. The number of nitrogens with zero attached hydrogens (tertiary/aromatic N) is 1. The molecule has 156 valence electrons. The number of halogens is 7. The maximum absolute atomic E-state index is 13.1. The van der Waals surface area contributed by atoms with Gasteiger partial charge in [-0.05, 0) is 23.1 Å². The Morgan fingerprint density at radius 2 is 1.50 bits per heavy atom. The molecule has 0 fully saturated rings. The van der Waals surface area contributed by atoms with Gasteiger partial charge in [-0.1, -0.05) is 76.1 Å². The van der Waals surface area contributed by atoms with Gasteiger partial charge in [-0.25, -0.2) is 0 Å². The van der Waals surface area contributed by atoms with E-state index in [9.17, 15) is 19.4 Å². The minimum atomic E-state index is -9.83. The van der Waals surface area contributed by atoms with Crippen molar-refractivity contribution >= 4 is 53.4 Å². The Bertz CT molecular complexity index is 869. The van der Waals surface area contributed by atoms with E-state index in [1.807, 2.05) is 26.8 Å². The molecule has 2 aromatic rings. The molecule has 0 saturated carbocycles. The Morgan fingerprint density at radius 3 is 2.00 bits per heavy atom. The van der Waals surface area contributed by atoms with Gasteiger partial charge in [0.25, 0.3) is 0 Å². The molecule has 0 aromatic heterocycles. The summed E-state index contributed by atoms with van der Waals surface area (Å²) >= 11 is 4.80. The van der Waals surface area contributed by atoms with E-state index >= 15 is 0 Å². The van der Waals surface area contributed by atoms with Crippen LogP contribution in [-0.4, -0.2) is 6.21 Å². The molecule has 0 spiro atoms. The fourth-order valence-corrected chi connectivity index (χ4v) is 3.62. The van der Waals surface area contributed by atoms with Crippen LogP contribution in [0.15, 0.2) is 57.2 Å². The molecule has 2 rings (SSSR count). The third kappa shape index (κ3) is 7.46. The second-order valence-corrected chi connectivity index (χ2v) is 12.1. The number of hydrogen-bond acceptors (Lipinski definition) is 2. The van der Waals surface area contributed by atoms with Crippen molar-refractivity contribution in [3.8, 4) is 0 Å².